The highest BCUT2D eigenvalue weighted by Crippen LogP contribution is 2.25. The molecule has 26 heavy (non-hydrogen) atoms. The SMILES string of the molecule is O=C(c1ccc(-n2cnnn2)cc1)N1CCC(c2nccc(=O)[nH]2)CC1. The van der Waals surface area contributed by atoms with E-state index in [1.54, 1.807) is 12.1 Å². The first-order valence-corrected chi connectivity index (χ1v) is 8.38. The maximum Gasteiger partial charge on any atom is 0.253 e. The lowest BCUT2D eigenvalue weighted by Crippen LogP contribution is -2.38. The number of benzene rings is 1. The third kappa shape index (κ3) is 3.23. The Morgan fingerprint density at radius 1 is 1.12 bits per heavy atom. The highest BCUT2D eigenvalue weighted by atomic mass is 16.2. The van der Waals surface area contributed by atoms with Crippen LogP contribution in [-0.2, 0) is 0 Å². The van der Waals surface area contributed by atoms with Gasteiger partial charge >= 0.3 is 0 Å². The summed E-state index contributed by atoms with van der Waals surface area (Å²) in [6, 6.07) is 8.59. The fraction of sp³-hybridized carbons (Fsp3) is 0.294. The summed E-state index contributed by atoms with van der Waals surface area (Å²) in [5, 5.41) is 11.0. The zero-order chi connectivity index (χ0) is 17.9. The average Bonchev–Trinajstić information content (AvgIpc) is 3.23. The van der Waals surface area contributed by atoms with Crippen molar-refractivity contribution in [2.24, 2.45) is 0 Å². The van der Waals surface area contributed by atoms with Crippen LogP contribution in [0.3, 0.4) is 0 Å². The number of nitrogens with one attached hydrogen (secondary N) is 1. The molecule has 3 heterocycles. The molecule has 3 aromatic rings. The molecule has 1 amide bonds. The highest BCUT2D eigenvalue weighted by Gasteiger charge is 2.25. The number of hydrogen-bond acceptors (Lipinski definition) is 6. The van der Waals surface area contributed by atoms with Crippen LogP contribution < -0.4 is 5.56 Å². The minimum atomic E-state index is -0.142. The molecule has 9 nitrogen and oxygen atoms in total. The van der Waals surface area contributed by atoms with E-state index in [1.807, 2.05) is 17.0 Å². The van der Waals surface area contributed by atoms with Gasteiger partial charge in [0.25, 0.3) is 11.5 Å². The van der Waals surface area contributed by atoms with Crippen molar-refractivity contribution < 1.29 is 4.79 Å². The number of hydrogen-bond donors (Lipinski definition) is 1. The van der Waals surface area contributed by atoms with Crippen LogP contribution in [0.15, 0.2) is 47.7 Å². The van der Waals surface area contributed by atoms with Gasteiger partial charge in [0.1, 0.15) is 12.2 Å². The molecule has 0 aliphatic carbocycles. The largest absolute Gasteiger partial charge is 0.339 e. The van der Waals surface area contributed by atoms with E-state index in [2.05, 4.69) is 25.5 Å². The van der Waals surface area contributed by atoms with Gasteiger partial charge in [-0.15, -0.1) is 5.10 Å². The number of carbonyl (C=O) groups is 1. The molecule has 1 fully saturated rings. The highest BCUT2D eigenvalue weighted by molar-refractivity contribution is 5.94. The van der Waals surface area contributed by atoms with Crippen LogP contribution in [0.4, 0.5) is 0 Å². The fourth-order valence-corrected chi connectivity index (χ4v) is 3.17. The molecule has 1 N–H and O–H groups in total. The lowest BCUT2D eigenvalue weighted by Gasteiger charge is -2.31. The molecular formula is C17H17N7O2. The molecule has 0 unspecified atom stereocenters. The Labute approximate surface area is 148 Å². The van der Waals surface area contributed by atoms with E-state index in [-0.39, 0.29) is 17.4 Å². The molecule has 1 saturated heterocycles. The molecule has 0 bridgehead atoms. The minimum absolute atomic E-state index is 0.00114. The first kappa shape index (κ1) is 16.1. The van der Waals surface area contributed by atoms with Gasteiger partial charge in [-0.3, -0.25) is 9.59 Å². The summed E-state index contributed by atoms with van der Waals surface area (Å²) in [4.78, 5) is 33.0. The molecule has 9 heteroatoms. The summed E-state index contributed by atoms with van der Waals surface area (Å²) in [7, 11) is 0. The van der Waals surface area contributed by atoms with Crippen LogP contribution in [-0.4, -0.2) is 54.1 Å². The summed E-state index contributed by atoms with van der Waals surface area (Å²) in [5.74, 6) is 0.881. The van der Waals surface area contributed by atoms with Gasteiger partial charge in [0.05, 0.1) is 5.69 Å². The smallest absolute Gasteiger partial charge is 0.253 e. The molecule has 1 aromatic carbocycles. The normalized spacial score (nSPS) is 15.2. The van der Waals surface area contributed by atoms with Crippen LogP contribution in [0.2, 0.25) is 0 Å². The predicted molar refractivity (Wildman–Crippen MR) is 91.9 cm³/mol. The van der Waals surface area contributed by atoms with E-state index in [0.717, 1.165) is 18.5 Å². The van der Waals surface area contributed by atoms with E-state index < -0.39 is 0 Å². The van der Waals surface area contributed by atoms with Crippen molar-refractivity contribution in [3.63, 3.8) is 0 Å². The Morgan fingerprint density at radius 2 is 1.88 bits per heavy atom. The van der Waals surface area contributed by atoms with E-state index in [0.29, 0.717) is 24.5 Å². The Hall–Kier alpha value is -3.36. The van der Waals surface area contributed by atoms with Gasteiger partial charge in [0.2, 0.25) is 0 Å². The van der Waals surface area contributed by atoms with Crippen molar-refractivity contribution in [2.75, 3.05) is 13.1 Å². The quantitative estimate of drug-likeness (QED) is 0.746. The zero-order valence-corrected chi connectivity index (χ0v) is 13.9. The molecule has 0 spiro atoms. The van der Waals surface area contributed by atoms with Crippen molar-refractivity contribution in [3.05, 3.63) is 64.6 Å². The van der Waals surface area contributed by atoms with E-state index >= 15 is 0 Å². The third-order valence-electron chi connectivity index (χ3n) is 4.59. The van der Waals surface area contributed by atoms with E-state index in [1.165, 1.54) is 23.3 Å². The van der Waals surface area contributed by atoms with Crippen LogP contribution in [0.5, 0.6) is 0 Å². The maximum atomic E-state index is 12.7. The van der Waals surface area contributed by atoms with Crippen molar-refractivity contribution in [1.29, 1.82) is 0 Å². The van der Waals surface area contributed by atoms with Crippen molar-refractivity contribution in [2.45, 2.75) is 18.8 Å². The first-order chi connectivity index (χ1) is 12.7. The van der Waals surface area contributed by atoms with Crippen molar-refractivity contribution >= 4 is 5.91 Å². The molecule has 132 valence electrons. The summed E-state index contributed by atoms with van der Waals surface area (Å²) in [6.45, 7) is 1.27. The number of amides is 1. The molecule has 0 saturated carbocycles. The van der Waals surface area contributed by atoms with Gasteiger partial charge in [0.15, 0.2) is 0 Å². The number of carbonyl (C=O) groups excluding carboxylic acids is 1. The van der Waals surface area contributed by atoms with Crippen molar-refractivity contribution in [3.8, 4) is 5.69 Å². The number of piperidine rings is 1. The minimum Gasteiger partial charge on any atom is -0.339 e. The monoisotopic (exact) mass is 351 g/mol. The van der Waals surface area contributed by atoms with Gasteiger partial charge in [-0.05, 0) is 47.5 Å². The number of nitrogens with zero attached hydrogens (tertiary/aromatic N) is 6. The van der Waals surface area contributed by atoms with Gasteiger partial charge in [-0.25, -0.2) is 9.67 Å². The molecule has 1 aliphatic heterocycles. The predicted octanol–water partition coefficient (Wildman–Crippen LogP) is 0.765. The standard InChI is InChI=1S/C17H17N7O2/c25-15-5-8-18-16(20-15)12-6-9-23(10-7-12)17(26)13-1-3-14(4-2-13)24-11-19-21-22-24/h1-5,8,11-12H,6-7,9-10H2,(H,18,20,25). The first-order valence-electron chi connectivity index (χ1n) is 8.38. The van der Waals surface area contributed by atoms with E-state index in [9.17, 15) is 9.59 Å². The lowest BCUT2D eigenvalue weighted by molar-refractivity contribution is 0.0711. The fourth-order valence-electron chi connectivity index (χ4n) is 3.17. The second kappa shape index (κ2) is 6.87. The topological polar surface area (TPSA) is 110 Å². The Bertz CT molecular complexity index is 942. The molecule has 4 rings (SSSR count). The average molecular weight is 351 g/mol. The van der Waals surface area contributed by atoms with Crippen LogP contribution >= 0.6 is 0 Å². The van der Waals surface area contributed by atoms with Crippen LogP contribution in [0, 0.1) is 0 Å². The summed E-state index contributed by atoms with van der Waals surface area (Å²) in [5.41, 5.74) is 1.28. The number of H-pyrrole nitrogens is 1. The zero-order valence-electron chi connectivity index (χ0n) is 13.9. The number of rotatable bonds is 3. The Kier molecular flexibility index (Phi) is 4.26. The summed E-state index contributed by atoms with van der Waals surface area (Å²) >= 11 is 0. The molecule has 2 aromatic heterocycles. The van der Waals surface area contributed by atoms with Gasteiger partial charge in [0, 0.05) is 36.8 Å². The lowest BCUT2D eigenvalue weighted by atomic mass is 9.95. The number of likely N-dealkylation sites (tertiary alicyclic amines) is 1. The maximum absolute atomic E-state index is 12.7. The Morgan fingerprint density at radius 3 is 2.54 bits per heavy atom. The second-order valence-corrected chi connectivity index (χ2v) is 6.19. The molecule has 1 aliphatic rings. The van der Waals surface area contributed by atoms with Crippen LogP contribution in [0.25, 0.3) is 5.69 Å². The molecule has 0 radical (unpaired) electrons. The third-order valence-corrected chi connectivity index (χ3v) is 4.59. The molecule has 0 atom stereocenters. The van der Waals surface area contributed by atoms with Gasteiger partial charge in [-0.1, -0.05) is 0 Å². The number of tetrazole rings is 1. The van der Waals surface area contributed by atoms with Crippen LogP contribution in [0.1, 0.15) is 34.9 Å². The summed E-state index contributed by atoms with van der Waals surface area (Å²) in [6.07, 6.45) is 4.59. The molecular weight excluding hydrogens is 334 g/mol. The van der Waals surface area contributed by atoms with Crippen molar-refractivity contribution in [1.82, 2.24) is 35.1 Å². The number of aromatic amines is 1. The summed E-state index contributed by atoms with van der Waals surface area (Å²) < 4.78 is 1.54. The number of aromatic nitrogens is 6. The van der Waals surface area contributed by atoms with E-state index in [4.69, 9.17) is 0 Å². The second-order valence-electron chi connectivity index (χ2n) is 6.19. The van der Waals surface area contributed by atoms with Gasteiger partial charge in [-0.2, -0.15) is 0 Å². The Balaban J connectivity index is 1.41. The van der Waals surface area contributed by atoms with Gasteiger partial charge < -0.3 is 9.88 Å².